The average Bonchev–Trinajstić information content (AvgIpc) is 2.98. The van der Waals surface area contributed by atoms with Crippen molar-refractivity contribution in [2.75, 3.05) is 5.32 Å². The van der Waals surface area contributed by atoms with Gasteiger partial charge in [0.15, 0.2) is 11.6 Å². The molecule has 0 atom stereocenters. The van der Waals surface area contributed by atoms with Crippen LogP contribution in [0, 0.1) is 11.6 Å². The normalized spacial score (nSPS) is 10.6. The maximum Gasteiger partial charge on any atom is 0.160 e. The quantitative estimate of drug-likeness (QED) is 0.788. The van der Waals surface area contributed by atoms with Crippen molar-refractivity contribution >= 4 is 17.0 Å². The molecule has 1 aromatic carbocycles. The lowest BCUT2D eigenvalue weighted by Crippen LogP contribution is -2.00. The standard InChI is InChI=1S/C15H11F2N3S/c16-12-5-4-10(7-13(12)17)19-8-11-9-21-15(20-11)14-3-1-2-6-18-14/h1-7,9,19H,8H2. The molecule has 106 valence electrons. The first-order valence-corrected chi connectivity index (χ1v) is 7.15. The third kappa shape index (κ3) is 3.22. The van der Waals surface area contributed by atoms with E-state index >= 15 is 0 Å². The first-order valence-electron chi connectivity index (χ1n) is 6.27. The van der Waals surface area contributed by atoms with Gasteiger partial charge in [0.1, 0.15) is 5.01 Å². The molecule has 0 unspecified atom stereocenters. The van der Waals surface area contributed by atoms with Crippen molar-refractivity contribution in [1.82, 2.24) is 9.97 Å². The van der Waals surface area contributed by atoms with E-state index in [1.165, 1.54) is 17.4 Å². The van der Waals surface area contributed by atoms with Crippen LogP contribution < -0.4 is 5.32 Å². The maximum absolute atomic E-state index is 13.1. The summed E-state index contributed by atoms with van der Waals surface area (Å²) >= 11 is 1.50. The summed E-state index contributed by atoms with van der Waals surface area (Å²) < 4.78 is 25.9. The molecule has 0 aliphatic carbocycles. The van der Waals surface area contributed by atoms with Crippen LogP contribution in [-0.2, 0) is 6.54 Å². The molecule has 0 saturated carbocycles. The number of aromatic nitrogens is 2. The molecule has 0 aliphatic rings. The molecule has 0 bridgehead atoms. The Kier molecular flexibility index (Phi) is 3.87. The number of thiazole rings is 1. The summed E-state index contributed by atoms with van der Waals surface area (Å²) in [5.74, 6) is -1.72. The summed E-state index contributed by atoms with van der Waals surface area (Å²) in [6.45, 7) is 0.439. The minimum Gasteiger partial charge on any atom is -0.379 e. The van der Waals surface area contributed by atoms with Gasteiger partial charge in [-0.05, 0) is 24.3 Å². The fourth-order valence-electron chi connectivity index (χ4n) is 1.79. The first-order chi connectivity index (χ1) is 10.2. The van der Waals surface area contributed by atoms with Crippen LogP contribution >= 0.6 is 11.3 Å². The molecule has 21 heavy (non-hydrogen) atoms. The topological polar surface area (TPSA) is 37.8 Å². The van der Waals surface area contributed by atoms with Crippen LogP contribution in [0.25, 0.3) is 10.7 Å². The fourth-order valence-corrected chi connectivity index (χ4v) is 2.59. The number of halogens is 2. The van der Waals surface area contributed by atoms with Gasteiger partial charge in [-0.1, -0.05) is 6.07 Å². The van der Waals surface area contributed by atoms with Gasteiger partial charge in [0, 0.05) is 23.3 Å². The van der Waals surface area contributed by atoms with Crippen molar-refractivity contribution in [3.8, 4) is 10.7 Å². The Hall–Kier alpha value is -2.34. The molecule has 3 nitrogen and oxygen atoms in total. The van der Waals surface area contributed by atoms with Crippen LogP contribution in [0.3, 0.4) is 0 Å². The molecule has 6 heteroatoms. The molecular weight excluding hydrogens is 292 g/mol. The van der Waals surface area contributed by atoms with Crippen LogP contribution in [0.2, 0.25) is 0 Å². The monoisotopic (exact) mass is 303 g/mol. The third-order valence-electron chi connectivity index (χ3n) is 2.83. The lowest BCUT2D eigenvalue weighted by Gasteiger charge is -2.04. The Morgan fingerprint density at radius 3 is 2.76 bits per heavy atom. The zero-order valence-corrected chi connectivity index (χ0v) is 11.7. The van der Waals surface area contributed by atoms with Crippen LogP contribution in [0.1, 0.15) is 5.69 Å². The number of pyridine rings is 1. The molecular formula is C15H11F2N3S. The zero-order chi connectivity index (χ0) is 14.7. The Bertz CT molecular complexity index is 744. The molecule has 0 radical (unpaired) electrons. The van der Waals surface area contributed by atoms with E-state index in [4.69, 9.17) is 0 Å². The second-order valence-electron chi connectivity index (χ2n) is 4.34. The number of hydrogen-bond donors (Lipinski definition) is 1. The molecule has 0 saturated heterocycles. The minimum atomic E-state index is -0.868. The largest absolute Gasteiger partial charge is 0.379 e. The van der Waals surface area contributed by atoms with Gasteiger partial charge in [-0.15, -0.1) is 11.3 Å². The highest BCUT2D eigenvalue weighted by Gasteiger charge is 2.06. The number of benzene rings is 1. The summed E-state index contributed by atoms with van der Waals surface area (Å²) in [4.78, 5) is 8.70. The smallest absolute Gasteiger partial charge is 0.160 e. The third-order valence-corrected chi connectivity index (χ3v) is 3.74. The van der Waals surface area contributed by atoms with Crippen molar-refractivity contribution in [3.05, 3.63) is 65.3 Å². The van der Waals surface area contributed by atoms with Gasteiger partial charge in [-0.3, -0.25) is 4.98 Å². The van der Waals surface area contributed by atoms with Crippen LogP contribution in [0.15, 0.2) is 48.0 Å². The van der Waals surface area contributed by atoms with E-state index in [0.717, 1.165) is 28.5 Å². The van der Waals surface area contributed by atoms with Crippen molar-refractivity contribution in [3.63, 3.8) is 0 Å². The van der Waals surface area contributed by atoms with Crippen molar-refractivity contribution in [2.24, 2.45) is 0 Å². The molecule has 3 rings (SSSR count). The van der Waals surface area contributed by atoms with E-state index in [-0.39, 0.29) is 0 Å². The Morgan fingerprint density at radius 1 is 1.10 bits per heavy atom. The summed E-state index contributed by atoms with van der Waals surface area (Å²) in [5, 5.41) is 5.76. The van der Waals surface area contributed by atoms with Gasteiger partial charge < -0.3 is 5.32 Å². The Balaban J connectivity index is 1.69. The second-order valence-corrected chi connectivity index (χ2v) is 5.20. The maximum atomic E-state index is 13.1. The van der Waals surface area contributed by atoms with E-state index in [1.807, 2.05) is 23.6 Å². The fraction of sp³-hybridized carbons (Fsp3) is 0.0667. The minimum absolute atomic E-state index is 0.439. The van der Waals surface area contributed by atoms with Crippen LogP contribution in [0.4, 0.5) is 14.5 Å². The average molecular weight is 303 g/mol. The summed E-state index contributed by atoms with van der Waals surface area (Å²) in [5.41, 5.74) is 2.16. The molecule has 0 spiro atoms. The molecule has 0 aliphatic heterocycles. The van der Waals surface area contributed by atoms with Crippen molar-refractivity contribution < 1.29 is 8.78 Å². The number of rotatable bonds is 4. The van der Waals surface area contributed by atoms with E-state index in [1.54, 1.807) is 6.20 Å². The van der Waals surface area contributed by atoms with Gasteiger partial charge in [0.25, 0.3) is 0 Å². The molecule has 0 fully saturated rings. The predicted molar refractivity (Wildman–Crippen MR) is 79.0 cm³/mol. The van der Waals surface area contributed by atoms with Crippen molar-refractivity contribution in [1.29, 1.82) is 0 Å². The SMILES string of the molecule is Fc1ccc(NCc2csc(-c3ccccn3)n2)cc1F. The van der Waals surface area contributed by atoms with Gasteiger partial charge in [0.05, 0.1) is 17.9 Å². The number of hydrogen-bond acceptors (Lipinski definition) is 4. The van der Waals surface area contributed by atoms with E-state index in [0.29, 0.717) is 12.2 Å². The van der Waals surface area contributed by atoms with Crippen LogP contribution in [-0.4, -0.2) is 9.97 Å². The lowest BCUT2D eigenvalue weighted by atomic mass is 10.3. The van der Waals surface area contributed by atoms with Crippen LogP contribution in [0.5, 0.6) is 0 Å². The number of nitrogens with zero attached hydrogens (tertiary/aromatic N) is 2. The molecule has 1 N–H and O–H groups in total. The number of anilines is 1. The highest BCUT2D eigenvalue weighted by atomic mass is 32.1. The van der Waals surface area contributed by atoms with Gasteiger partial charge >= 0.3 is 0 Å². The highest BCUT2D eigenvalue weighted by Crippen LogP contribution is 2.22. The van der Waals surface area contributed by atoms with Gasteiger partial charge in [-0.25, -0.2) is 13.8 Å². The Morgan fingerprint density at radius 2 is 2.00 bits per heavy atom. The molecule has 3 aromatic rings. The lowest BCUT2D eigenvalue weighted by molar-refractivity contribution is 0.509. The van der Waals surface area contributed by atoms with Gasteiger partial charge in [0.2, 0.25) is 0 Å². The van der Waals surface area contributed by atoms with Gasteiger partial charge in [-0.2, -0.15) is 0 Å². The molecule has 0 amide bonds. The number of nitrogens with one attached hydrogen (secondary N) is 1. The van der Waals surface area contributed by atoms with Crippen molar-refractivity contribution in [2.45, 2.75) is 6.54 Å². The zero-order valence-electron chi connectivity index (χ0n) is 10.9. The first kappa shape index (κ1) is 13.6. The second kappa shape index (κ2) is 5.97. The summed E-state index contributed by atoms with van der Waals surface area (Å²) in [6, 6.07) is 9.36. The van der Waals surface area contributed by atoms with E-state index < -0.39 is 11.6 Å². The summed E-state index contributed by atoms with van der Waals surface area (Å²) in [6.07, 6.45) is 1.72. The molecule has 2 heterocycles. The predicted octanol–water partition coefficient (Wildman–Crippen LogP) is 4.10. The Labute approximate surface area is 124 Å². The molecule has 2 aromatic heterocycles. The van der Waals surface area contributed by atoms with E-state index in [2.05, 4.69) is 15.3 Å². The van der Waals surface area contributed by atoms with E-state index in [9.17, 15) is 8.78 Å². The summed E-state index contributed by atoms with van der Waals surface area (Å²) in [7, 11) is 0. The highest BCUT2D eigenvalue weighted by molar-refractivity contribution is 7.13.